The molecule has 30 heavy (non-hydrogen) atoms. The lowest BCUT2D eigenvalue weighted by molar-refractivity contribution is -0.121. The van der Waals surface area contributed by atoms with E-state index < -0.39 is 0 Å². The Bertz CT molecular complexity index is 1040. The zero-order valence-corrected chi connectivity index (χ0v) is 16.4. The third-order valence-electron chi connectivity index (χ3n) is 5.38. The number of aromatic nitrogens is 2. The molecule has 1 N–H and O–H groups in total. The van der Waals surface area contributed by atoms with Crippen LogP contribution in [0.1, 0.15) is 18.7 Å². The Morgan fingerprint density at radius 1 is 1.13 bits per heavy atom. The summed E-state index contributed by atoms with van der Waals surface area (Å²) < 4.78 is 16.1. The molecule has 1 atom stereocenters. The van der Waals surface area contributed by atoms with E-state index in [1.54, 1.807) is 6.07 Å². The second-order valence-electron chi connectivity index (χ2n) is 7.51. The van der Waals surface area contributed by atoms with E-state index in [1.807, 2.05) is 42.5 Å². The standard InChI is InChI=1S/C22H22N4O4/c27-22(23-17-8-9-18-19(11-17)29-14-28-18)16-7-4-10-26(12-16)13-20-24-21(25-30-20)15-5-2-1-3-6-15/h1-3,5-6,8-9,11,16H,4,7,10,12-14H2,(H,23,27). The Balaban J connectivity index is 1.20. The van der Waals surface area contributed by atoms with Crippen LogP contribution in [0.15, 0.2) is 53.1 Å². The van der Waals surface area contributed by atoms with E-state index in [9.17, 15) is 4.79 Å². The number of anilines is 1. The number of likely N-dealkylation sites (tertiary alicyclic amines) is 1. The maximum absolute atomic E-state index is 12.8. The van der Waals surface area contributed by atoms with Crippen LogP contribution in [-0.2, 0) is 11.3 Å². The van der Waals surface area contributed by atoms with Crippen LogP contribution in [0.25, 0.3) is 11.4 Å². The van der Waals surface area contributed by atoms with Gasteiger partial charge in [-0.25, -0.2) is 0 Å². The van der Waals surface area contributed by atoms with Crippen molar-refractivity contribution in [1.29, 1.82) is 0 Å². The van der Waals surface area contributed by atoms with Gasteiger partial charge in [0, 0.05) is 23.9 Å². The van der Waals surface area contributed by atoms with Gasteiger partial charge in [0.2, 0.25) is 24.4 Å². The van der Waals surface area contributed by atoms with Crippen molar-refractivity contribution < 1.29 is 18.8 Å². The Morgan fingerprint density at radius 2 is 2.00 bits per heavy atom. The number of ether oxygens (including phenoxy) is 2. The number of rotatable bonds is 5. The summed E-state index contributed by atoms with van der Waals surface area (Å²) in [5.74, 6) is 2.41. The summed E-state index contributed by atoms with van der Waals surface area (Å²) in [6.45, 7) is 2.30. The van der Waals surface area contributed by atoms with E-state index >= 15 is 0 Å². The number of nitrogens with one attached hydrogen (secondary N) is 1. The molecular formula is C22H22N4O4. The zero-order chi connectivity index (χ0) is 20.3. The predicted octanol–water partition coefficient (Wildman–Crippen LogP) is 3.32. The fourth-order valence-corrected chi connectivity index (χ4v) is 3.85. The summed E-state index contributed by atoms with van der Waals surface area (Å²) >= 11 is 0. The van der Waals surface area contributed by atoms with Crippen molar-refractivity contribution in [3.8, 4) is 22.9 Å². The summed E-state index contributed by atoms with van der Waals surface area (Å²) in [5, 5.41) is 7.08. The summed E-state index contributed by atoms with van der Waals surface area (Å²) in [4.78, 5) is 19.5. The van der Waals surface area contributed by atoms with Crippen LogP contribution in [-0.4, -0.2) is 40.8 Å². The van der Waals surface area contributed by atoms with Gasteiger partial charge in [0.1, 0.15) is 0 Å². The second-order valence-corrected chi connectivity index (χ2v) is 7.51. The van der Waals surface area contributed by atoms with Gasteiger partial charge in [-0.2, -0.15) is 4.98 Å². The molecular weight excluding hydrogens is 384 g/mol. The van der Waals surface area contributed by atoms with Gasteiger partial charge in [-0.1, -0.05) is 35.5 Å². The SMILES string of the molecule is O=C(Nc1ccc2c(c1)OCO2)C1CCCN(Cc2nc(-c3ccccc3)no2)C1. The Morgan fingerprint density at radius 3 is 2.90 bits per heavy atom. The van der Waals surface area contributed by atoms with Gasteiger partial charge in [-0.3, -0.25) is 9.69 Å². The lowest BCUT2D eigenvalue weighted by Gasteiger charge is -2.30. The van der Waals surface area contributed by atoms with E-state index in [0.29, 0.717) is 42.0 Å². The molecule has 0 radical (unpaired) electrons. The van der Waals surface area contributed by atoms with Crippen molar-refractivity contribution in [2.75, 3.05) is 25.2 Å². The van der Waals surface area contributed by atoms with Gasteiger partial charge in [-0.15, -0.1) is 0 Å². The molecule has 0 spiro atoms. The molecule has 5 rings (SSSR count). The highest BCUT2D eigenvalue weighted by Gasteiger charge is 2.27. The maximum Gasteiger partial charge on any atom is 0.241 e. The van der Waals surface area contributed by atoms with Gasteiger partial charge in [0.25, 0.3) is 0 Å². The molecule has 1 unspecified atom stereocenters. The smallest absolute Gasteiger partial charge is 0.241 e. The third kappa shape index (κ3) is 3.99. The van der Waals surface area contributed by atoms with Crippen LogP contribution in [0.4, 0.5) is 5.69 Å². The van der Waals surface area contributed by atoms with Crippen LogP contribution in [0.5, 0.6) is 11.5 Å². The van der Waals surface area contributed by atoms with E-state index in [2.05, 4.69) is 20.4 Å². The zero-order valence-electron chi connectivity index (χ0n) is 16.4. The number of benzene rings is 2. The van der Waals surface area contributed by atoms with Gasteiger partial charge in [0.15, 0.2) is 11.5 Å². The normalized spacial score (nSPS) is 18.3. The van der Waals surface area contributed by atoms with Crippen molar-refractivity contribution in [3.63, 3.8) is 0 Å². The molecule has 8 heteroatoms. The Hall–Kier alpha value is -3.39. The van der Waals surface area contributed by atoms with E-state index in [0.717, 1.165) is 24.9 Å². The van der Waals surface area contributed by atoms with E-state index in [4.69, 9.17) is 14.0 Å². The lowest BCUT2D eigenvalue weighted by atomic mass is 9.97. The number of piperidine rings is 1. The van der Waals surface area contributed by atoms with Crippen LogP contribution in [0.2, 0.25) is 0 Å². The average Bonchev–Trinajstić information content (AvgIpc) is 3.44. The molecule has 1 amide bonds. The number of fused-ring (bicyclic) bond motifs is 1. The fourth-order valence-electron chi connectivity index (χ4n) is 3.85. The maximum atomic E-state index is 12.8. The minimum Gasteiger partial charge on any atom is -0.454 e. The van der Waals surface area contributed by atoms with Crippen molar-refractivity contribution in [2.24, 2.45) is 5.92 Å². The van der Waals surface area contributed by atoms with Gasteiger partial charge < -0.3 is 19.3 Å². The largest absolute Gasteiger partial charge is 0.454 e. The molecule has 2 aromatic carbocycles. The van der Waals surface area contributed by atoms with Crippen LogP contribution >= 0.6 is 0 Å². The first-order chi connectivity index (χ1) is 14.7. The molecule has 8 nitrogen and oxygen atoms in total. The molecule has 1 fully saturated rings. The molecule has 2 aliphatic heterocycles. The summed E-state index contributed by atoms with van der Waals surface area (Å²) in [5.41, 5.74) is 1.64. The number of carbonyl (C=O) groups is 1. The topological polar surface area (TPSA) is 89.7 Å². The Labute approximate surface area is 173 Å². The number of amides is 1. The monoisotopic (exact) mass is 406 g/mol. The van der Waals surface area contributed by atoms with Gasteiger partial charge >= 0.3 is 0 Å². The minimum absolute atomic E-state index is 0.00840. The average molecular weight is 406 g/mol. The molecule has 1 aromatic heterocycles. The van der Waals surface area contributed by atoms with Gasteiger partial charge in [-0.05, 0) is 31.5 Å². The first-order valence-electron chi connectivity index (χ1n) is 10.1. The van der Waals surface area contributed by atoms with Crippen molar-refractivity contribution >= 4 is 11.6 Å². The lowest BCUT2D eigenvalue weighted by Crippen LogP contribution is -2.40. The first kappa shape index (κ1) is 18.6. The van der Waals surface area contributed by atoms with Crippen LogP contribution in [0, 0.1) is 5.92 Å². The molecule has 2 aliphatic rings. The Kier molecular flexibility index (Phi) is 5.06. The number of carbonyl (C=O) groups excluding carboxylic acids is 1. The molecule has 0 bridgehead atoms. The highest BCUT2D eigenvalue weighted by molar-refractivity contribution is 5.93. The number of nitrogens with zero attached hydrogens (tertiary/aromatic N) is 3. The number of hydrogen-bond acceptors (Lipinski definition) is 7. The molecule has 0 saturated carbocycles. The summed E-state index contributed by atoms with van der Waals surface area (Å²) in [6, 6.07) is 15.2. The number of hydrogen-bond donors (Lipinski definition) is 1. The third-order valence-corrected chi connectivity index (χ3v) is 5.38. The molecule has 3 heterocycles. The highest BCUT2D eigenvalue weighted by atomic mass is 16.7. The van der Waals surface area contributed by atoms with Crippen LogP contribution in [0.3, 0.4) is 0 Å². The molecule has 154 valence electrons. The predicted molar refractivity (Wildman–Crippen MR) is 109 cm³/mol. The van der Waals surface area contributed by atoms with Crippen molar-refractivity contribution in [2.45, 2.75) is 19.4 Å². The molecule has 3 aromatic rings. The minimum atomic E-state index is -0.0966. The second kappa shape index (κ2) is 8.16. The first-order valence-corrected chi connectivity index (χ1v) is 10.1. The van der Waals surface area contributed by atoms with Crippen LogP contribution < -0.4 is 14.8 Å². The quantitative estimate of drug-likeness (QED) is 0.695. The summed E-state index contributed by atoms with van der Waals surface area (Å²) in [7, 11) is 0. The fraction of sp³-hybridized carbons (Fsp3) is 0.318. The van der Waals surface area contributed by atoms with Crippen molar-refractivity contribution in [3.05, 3.63) is 54.4 Å². The molecule has 0 aliphatic carbocycles. The molecule has 1 saturated heterocycles. The highest BCUT2D eigenvalue weighted by Crippen LogP contribution is 2.34. The van der Waals surface area contributed by atoms with Gasteiger partial charge in [0.05, 0.1) is 12.5 Å². The van der Waals surface area contributed by atoms with E-state index in [-0.39, 0.29) is 18.6 Å². The van der Waals surface area contributed by atoms with E-state index in [1.165, 1.54) is 0 Å². The van der Waals surface area contributed by atoms with Crippen molar-refractivity contribution in [1.82, 2.24) is 15.0 Å². The summed E-state index contributed by atoms with van der Waals surface area (Å²) in [6.07, 6.45) is 1.80.